The van der Waals surface area contributed by atoms with Gasteiger partial charge in [-0.2, -0.15) is 0 Å². The minimum Gasteiger partial charge on any atom is -0.426 e. The lowest BCUT2D eigenvalue weighted by atomic mass is 10.1. The highest BCUT2D eigenvalue weighted by atomic mass is 35.5. The summed E-state index contributed by atoms with van der Waals surface area (Å²) in [7, 11) is 0. The van der Waals surface area contributed by atoms with Crippen molar-refractivity contribution in [3.05, 3.63) is 93.6 Å². The number of hydrogen-bond acceptors (Lipinski definition) is 4. The minimum absolute atomic E-state index is 0.160. The number of halogens is 2. The van der Waals surface area contributed by atoms with Crippen LogP contribution in [0.15, 0.2) is 71.3 Å². The van der Waals surface area contributed by atoms with E-state index >= 15 is 0 Å². The molecule has 0 aliphatic carbocycles. The molecule has 0 aliphatic rings. The largest absolute Gasteiger partial charge is 0.426 e. The van der Waals surface area contributed by atoms with Crippen LogP contribution in [-0.2, 0) is 17.6 Å². The Morgan fingerprint density at radius 1 is 0.893 bits per heavy atom. The van der Waals surface area contributed by atoms with Gasteiger partial charge in [0.1, 0.15) is 5.75 Å². The predicted octanol–water partition coefficient (Wildman–Crippen LogP) is 5.87. The fraction of sp³-hybridized carbons (Fsp3) is 0.0909. The monoisotopic (exact) mass is 411 g/mol. The molecule has 6 heteroatoms. The van der Waals surface area contributed by atoms with E-state index in [1.54, 1.807) is 36.4 Å². The number of ether oxygens (including phenoxy) is 1. The van der Waals surface area contributed by atoms with Crippen LogP contribution in [0.3, 0.4) is 0 Å². The first-order chi connectivity index (χ1) is 13.6. The third kappa shape index (κ3) is 4.35. The Morgan fingerprint density at radius 2 is 1.54 bits per heavy atom. The quantitative estimate of drug-likeness (QED) is 0.304. The highest BCUT2D eigenvalue weighted by molar-refractivity contribution is 6.30. The normalized spacial score (nSPS) is 10.9. The first-order valence-electron chi connectivity index (χ1n) is 8.65. The number of hydrogen-bond donors (Lipinski definition) is 0. The molecule has 0 atom stereocenters. The maximum absolute atomic E-state index is 12.2. The zero-order chi connectivity index (χ0) is 19.5. The Morgan fingerprint density at radius 3 is 2.21 bits per heavy atom. The van der Waals surface area contributed by atoms with Gasteiger partial charge in [-0.25, -0.2) is 0 Å². The van der Waals surface area contributed by atoms with Gasteiger partial charge in [-0.15, -0.1) is 0 Å². The molecule has 140 valence electrons. The maximum atomic E-state index is 12.2. The zero-order valence-electron chi connectivity index (χ0n) is 14.7. The van der Waals surface area contributed by atoms with Crippen molar-refractivity contribution in [2.24, 2.45) is 0 Å². The number of fused-ring (bicyclic) bond motifs is 1. The molecule has 1 aromatic heterocycles. The molecule has 4 nitrogen and oxygen atoms in total. The summed E-state index contributed by atoms with van der Waals surface area (Å²) in [5.41, 5.74) is 3.30. The van der Waals surface area contributed by atoms with Crippen LogP contribution in [0.25, 0.3) is 11.0 Å². The van der Waals surface area contributed by atoms with Crippen LogP contribution >= 0.6 is 23.2 Å². The van der Waals surface area contributed by atoms with Crippen molar-refractivity contribution >= 4 is 40.1 Å². The third-order valence-corrected chi connectivity index (χ3v) is 4.80. The average molecular weight is 412 g/mol. The molecular weight excluding hydrogens is 397 g/mol. The van der Waals surface area contributed by atoms with Gasteiger partial charge in [-0.05, 0) is 47.5 Å². The summed E-state index contributed by atoms with van der Waals surface area (Å²) in [6.07, 6.45) is 0.785. The molecule has 28 heavy (non-hydrogen) atoms. The second-order valence-electron chi connectivity index (χ2n) is 6.37. The van der Waals surface area contributed by atoms with Crippen LogP contribution in [0, 0.1) is 0 Å². The molecule has 0 saturated heterocycles. The fourth-order valence-corrected chi connectivity index (χ4v) is 3.15. The minimum atomic E-state index is -0.359. The topological polar surface area (TPSA) is 52.3 Å². The molecule has 3 aromatic carbocycles. The molecule has 0 N–H and O–H groups in total. The van der Waals surface area contributed by atoms with Crippen LogP contribution in [0.1, 0.15) is 16.8 Å². The van der Waals surface area contributed by atoms with Crippen molar-refractivity contribution in [1.29, 1.82) is 0 Å². The van der Waals surface area contributed by atoms with Crippen molar-refractivity contribution < 1.29 is 14.1 Å². The molecule has 4 aromatic rings. The van der Waals surface area contributed by atoms with Crippen molar-refractivity contribution in [2.45, 2.75) is 12.8 Å². The van der Waals surface area contributed by atoms with Crippen molar-refractivity contribution in [2.75, 3.05) is 0 Å². The number of nitrogens with zero attached hydrogens (tertiary/aromatic N) is 1. The predicted molar refractivity (Wildman–Crippen MR) is 109 cm³/mol. The summed E-state index contributed by atoms with van der Waals surface area (Å²) in [6, 6.07) is 19.9. The zero-order valence-corrected chi connectivity index (χ0v) is 16.2. The van der Waals surface area contributed by atoms with E-state index in [0.717, 1.165) is 22.2 Å². The first-order valence-corrected chi connectivity index (χ1v) is 9.40. The molecule has 0 fully saturated rings. The van der Waals surface area contributed by atoms with Gasteiger partial charge in [0.15, 0.2) is 5.58 Å². The number of benzene rings is 3. The maximum Gasteiger partial charge on any atom is 0.315 e. The molecule has 4 rings (SSSR count). The summed E-state index contributed by atoms with van der Waals surface area (Å²) in [5, 5.41) is 6.35. The summed E-state index contributed by atoms with van der Waals surface area (Å²) in [5.74, 6) is 0.0585. The molecule has 0 bridgehead atoms. The Hall–Kier alpha value is -2.82. The van der Waals surface area contributed by atoms with E-state index in [4.69, 9.17) is 32.5 Å². The molecule has 0 aliphatic heterocycles. The number of carbonyl (C=O) groups excluding carboxylic acids is 1. The smallest absolute Gasteiger partial charge is 0.315 e. The Labute approximate surface area is 171 Å². The van der Waals surface area contributed by atoms with Gasteiger partial charge in [0.25, 0.3) is 0 Å². The van der Waals surface area contributed by atoms with Gasteiger partial charge in [-0.1, -0.05) is 52.6 Å². The highest BCUT2D eigenvalue weighted by Gasteiger charge is 2.12. The first kappa shape index (κ1) is 18.5. The van der Waals surface area contributed by atoms with Gasteiger partial charge in [0.2, 0.25) is 0 Å². The molecule has 0 radical (unpaired) electrons. The van der Waals surface area contributed by atoms with E-state index in [9.17, 15) is 4.79 Å². The van der Waals surface area contributed by atoms with Gasteiger partial charge in [-0.3, -0.25) is 4.79 Å². The number of aromatic nitrogens is 1. The van der Waals surface area contributed by atoms with Gasteiger partial charge in [0, 0.05) is 27.9 Å². The van der Waals surface area contributed by atoms with Crippen LogP contribution < -0.4 is 4.74 Å². The lowest BCUT2D eigenvalue weighted by Crippen LogP contribution is -2.11. The Balaban J connectivity index is 1.46. The van der Waals surface area contributed by atoms with Crippen molar-refractivity contribution in [3.8, 4) is 5.75 Å². The second kappa shape index (κ2) is 8.05. The number of carbonyl (C=O) groups is 1. The summed E-state index contributed by atoms with van der Waals surface area (Å²) in [6.45, 7) is 0. The van der Waals surface area contributed by atoms with Crippen LogP contribution in [0.4, 0.5) is 0 Å². The summed E-state index contributed by atoms with van der Waals surface area (Å²) < 4.78 is 10.8. The molecule has 0 amide bonds. The van der Waals surface area contributed by atoms with E-state index in [1.807, 2.05) is 30.3 Å². The van der Waals surface area contributed by atoms with E-state index in [1.165, 1.54) is 0 Å². The molecule has 0 spiro atoms. The van der Waals surface area contributed by atoms with Gasteiger partial charge < -0.3 is 9.26 Å². The Kier molecular flexibility index (Phi) is 5.33. The summed E-state index contributed by atoms with van der Waals surface area (Å²) in [4.78, 5) is 12.2. The average Bonchev–Trinajstić information content (AvgIpc) is 3.07. The molecule has 1 heterocycles. The lowest BCUT2D eigenvalue weighted by Gasteiger charge is -2.04. The van der Waals surface area contributed by atoms with Crippen molar-refractivity contribution in [3.63, 3.8) is 0 Å². The third-order valence-electron chi connectivity index (χ3n) is 4.30. The van der Waals surface area contributed by atoms with E-state index in [2.05, 4.69) is 5.16 Å². The van der Waals surface area contributed by atoms with Gasteiger partial charge >= 0.3 is 5.97 Å². The molecule has 0 saturated carbocycles. The van der Waals surface area contributed by atoms with E-state index < -0.39 is 0 Å². The Bertz CT molecular complexity index is 1120. The molecule has 0 unspecified atom stereocenters. The summed E-state index contributed by atoms with van der Waals surface area (Å²) >= 11 is 11.8. The highest BCUT2D eigenvalue weighted by Crippen LogP contribution is 2.26. The number of esters is 1. The van der Waals surface area contributed by atoms with Gasteiger partial charge in [0.05, 0.1) is 12.1 Å². The van der Waals surface area contributed by atoms with E-state index in [-0.39, 0.29) is 12.4 Å². The van der Waals surface area contributed by atoms with Crippen molar-refractivity contribution in [1.82, 2.24) is 5.16 Å². The second-order valence-corrected chi connectivity index (χ2v) is 7.24. The van der Waals surface area contributed by atoms with Crippen LogP contribution in [0.5, 0.6) is 5.75 Å². The van der Waals surface area contributed by atoms with E-state index in [0.29, 0.717) is 27.8 Å². The number of rotatable bonds is 5. The van der Waals surface area contributed by atoms with Crippen LogP contribution in [0.2, 0.25) is 10.0 Å². The fourth-order valence-electron chi connectivity index (χ4n) is 2.89. The lowest BCUT2D eigenvalue weighted by molar-refractivity contribution is -0.133. The molecular formula is C22H15Cl2NO3. The SMILES string of the molecule is O=C(Cc1ccc(Cl)cc1)Oc1ccc2c(Cc3ccc(Cl)cc3)noc2c1. The van der Waals surface area contributed by atoms with Crippen LogP contribution in [-0.4, -0.2) is 11.1 Å². The standard InChI is InChI=1S/C22H15Cl2NO3/c23-16-5-1-14(2-6-16)11-20-19-10-9-18(13-21(19)28-25-20)27-22(26)12-15-3-7-17(24)8-4-15/h1-10,13H,11-12H2.